The van der Waals surface area contributed by atoms with E-state index in [9.17, 15) is 13.2 Å². The Morgan fingerprint density at radius 3 is 2.70 bits per heavy atom. The van der Waals surface area contributed by atoms with Crippen molar-refractivity contribution in [2.24, 2.45) is 0 Å². The Bertz CT molecular complexity index is 649. The van der Waals surface area contributed by atoms with Crippen LogP contribution in [0.25, 0.3) is 0 Å². The topological polar surface area (TPSA) is 72.9 Å². The summed E-state index contributed by atoms with van der Waals surface area (Å²) in [6, 6.07) is 4.99. The van der Waals surface area contributed by atoms with Crippen LogP contribution >= 0.6 is 0 Å². The summed E-state index contributed by atoms with van der Waals surface area (Å²) in [5.41, 5.74) is 0.488. The standard InChI is InChI=1S/C13H15NO5S/c1-2-20(16,17)10-6-14(7-10)13(15)9-3-4-11-12(5-9)19-8-18-11/h3-5,10H,2,6-8H2,1H3. The van der Waals surface area contributed by atoms with E-state index in [-0.39, 0.29) is 31.5 Å². The monoisotopic (exact) mass is 297 g/mol. The highest BCUT2D eigenvalue weighted by molar-refractivity contribution is 7.92. The number of carbonyl (C=O) groups is 1. The summed E-state index contributed by atoms with van der Waals surface area (Å²) in [6.45, 7) is 2.32. The number of hydrogen-bond donors (Lipinski definition) is 0. The molecule has 7 heteroatoms. The molecule has 1 fully saturated rings. The molecule has 1 aromatic rings. The fraction of sp³-hybridized carbons (Fsp3) is 0.462. The predicted molar refractivity (Wildman–Crippen MR) is 71.7 cm³/mol. The molecule has 0 spiro atoms. The first-order valence-corrected chi connectivity index (χ1v) is 8.13. The smallest absolute Gasteiger partial charge is 0.254 e. The third-order valence-corrected chi connectivity index (χ3v) is 5.78. The van der Waals surface area contributed by atoms with Crippen molar-refractivity contribution in [3.63, 3.8) is 0 Å². The minimum absolute atomic E-state index is 0.115. The van der Waals surface area contributed by atoms with Gasteiger partial charge in [-0.05, 0) is 18.2 Å². The zero-order valence-electron chi connectivity index (χ0n) is 11.0. The molecule has 20 heavy (non-hydrogen) atoms. The van der Waals surface area contributed by atoms with E-state index in [1.54, 1.807) is 25.1 Å². The van der Waals surface area contributed by atoms with Gasteiger partial charge in [-0.2, -0.15) is 0 Å². The molecular formula is C13H15NO5S. The van der Waals surface area contributed by atoms with Gasteiger partial charge in [0.15, 0.2) is 21.3 Å². The molecule has 1 aromatic carbocycles. The maximum absolute atomic E-state index is 12.2. The van der Waals surface area contributed by atoms with Crippen LogP contribution in [0.2, 0.25) is 0 Å². The summed E-state index contributed by atoms with van der Waals surface area (Å²) in [7, 11) is -3.06. The highest BCUT2D eigenvalue weighted by atomic mass is 32.2. The van der Waals surface area contributed by atoms with E-state index < -0.39 is 15.1 Å². The molecule has 3 rings (SSSR count). The highest BCUT2D eigenvalue weighted by Gasteiger charge is 2.39. The van der Waals surface area contributed by atoms with Crippen LogP contribution in [0.15, 0.2) is 18.2 Å². The lowest BCUT2D eigenvalue weighted by atomic mass is 10.1. The van der Waals surface area contributed by atoms with Gasteiger partial charge >= 0.3 is 0 Å². The number of rotatable bonds is 3. The van der Waals surface area contributed by atoms with Crippen LogP contribution in [0.4, 0.5) is 0 Å². The summed E-state index contributed by atoms with van der Waals surface area (Å²) in [5, 5.41) is -0.425. The molecule has 0 bridgehead atoms. The van der Waals surface area contributed by atoms with E-state index in [4.69, 9.17) is 9.47 Å². The molecule has 0 N–H and O–H groups in total. The van der Waals surface area contributed by atoms with Crippen LogP contribution in [-0.4, -0.2) is 50.1 Å². The van der Waals surface area contributed by atoms with Crippen molar-refractivity contribution in [3.8, 4) is 11.5 Å². The lowest BCUT2D eigenvalue weighted by Gasteiger charge is -2.38. The van der Waals surface area contributed by atoms with Crippen molar-refractivity contribution in [1.29, 1.82) is 0 Å². The van der Waals surface area contributed by atoms with Gasteiger partial charge in [0.25, 0.3) is 5.91 Å². The van der Waals surface area contributed by atoms with Crippen molar-refractivity contribution in [2.45, 2.75) is 12.2 Å². The number of benzene rings is 1. The third kappa shape index (κ3) is 2.11. The van der Waals surface area contributed by atoms with Crippen molar-refractivity contribution in [1.82, 2.24) is 4.90 Å². The Hall–Kier alpha value is -1.76. The Morgan fingerprint density at radius 1 is 1.30 bits per heavy atom. The van der Waals surface area contributed by atoms with Crippen molar-refractivity contribution < 1.29 is 22.7 Å². The summed E-state index contributed by atoms with van der Waals surface area (Å²) in [5.74, 6) is 1.11. The van der Waals surface area contributed by atoms with Crippen molar-refractivity contribution in [2.75, 3.05) is 25.6 Å². The quantitative estimate of drug-likeness (QED) is 0.820. The zero-order chi connectivity index (χ0) is 14.3. The summed E-state index contributed by atoms with van der Waals surface area (Å²) in [4.78, 5) is 13.8. The first kappa shape index (κ1) is 13.2. The molecule has 0 aromatic heterocycles. The molecule has 2 aliphatic rings. The summed E-state index contributed by atoms with van der Waals surface area (Å²) >= 11 is 0. The van der Waals surface area contributed by atoms with Gasteiger partial charge in [-0.25, -0.2) is 8.42 Å². The van der Waals surface area contributed by atoms with Gasteiger partial charge in [-0.3, -0.25) is 4.79 Å². The molecule has 2 aliphatic heterocycles. The molecule has 0 saturated carbocycles. The number of ether oxygens (including phenoxy) is 2. The second-order valence-electron chi connectivity index (χ2n) is 4.85. The van der Waals surface area contributed by atoms with Gasteiger partial charge in [0.2, 0.25) is 6.79 Å². The molecule has 108 valence electrons. The third-order valence-electron chi connectivity index (χ3n) is 3.67. The van der Waals surface area contributed by atoms with Gasteiger partial charge in [0.05, 0.1) is 5.25 Å². The minimum Gasteiger partial charge on any atom is -0.454 e. The van der Waals surface area contributed by atoms with E-state index in [0.29, 0.717) is 17.1 Å². The number of nitrogens with zero attached hydrogens (tertiary/aromatic N) is 1. The van der Waals surface area contributed by atoms with Gasteiger partial charge in [-0.15, -0.1) is 0 Å². The molecule has 1 amide bonds. The first-order chi connectivity index (χ1) is 9.51. The minimum atomic E-state index is -3.06. The van der Waals surface area contributed by atoms with Gasteiger partial charge in [0, 0.05) is 24.4 Å². The number of sulfone groups is 1. The summed E-state index contributed by atoms with van der Waals surface area (Å²) in [6.07, 6.45) is 0. The van der Waals surface area contributed by atoms with Gasteiger partial charge in [0.1, 0.15) is 0 Å². The summed E-state index contributed by atoms with van der Waals surface area (Å²) < 4.78 is 33.7. The maximum Gasteiger partial charge on any atom is 0.254 e. The molecule has 0 unspecified atom stereocenters. The second kappa shape index (κ2) is 4.66. The molecule has 1 saturated heterocycles. The zero-order valence-corrected chi connectivity index (χ0v) is 11.9. The lowest BCUT2D eigenvalue weighted by molar-refractivity contribution is 0.0658. The number of hydrogen-bond acceptors (Lipinski definition) is 5. The van der Waals surface area contributed by atoms with Crippen LogP contribution in [0.1, 0.15) is 17.3 Å². The molecule has 2 heterocycles. The number of likely N-dealkylation sites (tertiary alicyclic amines) is 1. The SMILES string of the molecule is CCS(=O)(=O)C1CN(C(=O)c2ccc3c(c2)OCO3)C1. The fourth-order valence-corrected chi connectivity index (χ4v) is 3.56. The number of amides is 1. The Morgan fingerprint density at radius 2 is 2.00 bits per heavy atom. The van der Waals surface area contributed by atoms with Gasteiger partial charge < -0.3 is 14.4 Å². The van der Waals surface area contributed by atoms with Gasteiger partial charge in [-0.1, -0.05) is 6.92 Å². The highest BCUT2D eigenvalue weighted by Crippen LogP contribution is 2.33. The average molecular weight is 297 g/mol. The van der Waals surface area contributed by atoms with E-state index in [0.717, 1.165) is 0 Å². The number of fused-ring (bicyclic) bond motifs is 1. The van der Waals surface area contributed by atoms with Crippen LogP contribution in [-0.2, 0) is 9.84 Å². The van der Waals surface area contributed by atoms with Crippen LogP contribution in [0.5, 0.6) is 11.5 Å². The largest absolute Gasteiger partial charge is 0.454 e. The molecular weight excluding hydrogens is 282 g/mol. The maximum atomic E-state index is 12.2. The Kier molecular flexibility index (Phi) is 3.08. The molecule has 0 aliphatic carbocycles. The molecule has 0 atom stereocenters. The van der Waals surface area contributed by atoms with E-state index in [1.807, 2.05) is 0 Å². The molecule has 6 nitrogen and oxygen atoms in total. The van der Waals surface area contributed by atoms with Crippen LogP contribution in [0, 0.1) is 0 Å². The van der Waals surface area contributed by atoms with E-state index in [2.05, 4.69) is 0 Å². The normalized spacial score (nSPS) is 17.9. The predicted octanol–water partition coefficient (Wildman–Crippen LogP) is 0.674. The lowest BCUT2D eigenvalue weighted by Crippen LogP contribution is -2.57. The van der Waals surface area contributed by atoms with Crippen LogP contribution < -0.4 is 9.47 Å². The van der Waals surface area contributed by atoms with Crippen LogP contribution in [0.3, 0.4) is 0 Å². The average Bonchev–Trinajstić information content (AvgIpc) is 2.83. The fourth-order valence-electron chi connectivity index (χ4n) is 2.28. The second-order valence-corrected chi connectivity index (χ2v) is 7.42. The van der Waals surface area contributed by atoms with Crippen molar-refractivity contribution in [3.05, 3.63) is 23.8 Å². The van der Waals surface area contributed by atoms with E-state index >= 15 is 0 Å². The van der Waals surface area contributed by atoms with E-state index in [1.165, 1.54) is 4.90 Å². The number of carbonyl (C=O) groups excluding carboxylic acids is 1. The Labute approximate surface area is 117 Å². The Balaban J connectivity index is 1.70. The first-order valence-electron chi connectivity index (χ1n) is 6.42. The van der Waals surface area contributed by atoms with Crippen molar-refractivity contribution >= 4 is 15.7 Å². The molecule has 0 radical (unpaired) electrons.